The molecule has 3 atom stereocenters. The third-order valence-corrected chi connectivity index (χ3v) is 6.52. The molecule has 8 nitrogen and oxygen atoms in total. The quantitative estimate of drug-likeness (QED) is 0.304. The zero-order chi connectivity index (χ0) is 29.5. The number of carbonyl (C=O) groups is 3. The van der Waals surface area contributed by atoms with Crippen LogP contribution < -0.4 is 10.6 Å². The van der Waals surface area contributed by atoms with Crippen LogP contribution in [0.3, 0.4) is 0 Å². The third kappa shape index (κ3) is 9.46. The monoisotopic (exact) mass is 559 g/mol. The Labute approximate surface area is 237 Å². The van der Waals surface area contributed by atoms with Crippen LogP contribution >= 0.6 is 11.6 Å². The molecule has 0 aliphatic carbocycles. The summed E-state index contributed by atoms with van der Waals surface area (Å²) in [4.78, 5) is 42.0. The van der Waals surface area contributed by atoms with E-state index in [1.807, 2.05) is 19.9 Å². The van der Waals surface area contributed by atoms with E-state index in [0.717, 1.165) is 12.0 Å². The second-order valence-electron chi connectivity index (χ2n) is 11.3. The van der Waals surface area contributed by atoms with Crippen LogP contribution in [0.1, 0.15) is 78.5 Å². The zero-order valence-corrected chi connectivity index (χ0v) is 24.9. The van der Waals surface area contributed by atoms with Crippen molar-refractivity contribution in [2.45, 2.75) is 92.0 Å². The molecule has 3 amide bonds. The van der Waals surface area contributed by atoms with Crippen molar-refractivity contribution in [1.82, 2.24) is 10.2 Å². The third-order valence-electron chi connectivity index (χ3n) is 6.20. The molecule has 0 spiro atoms. The molecule has 0 bridgehead atoms. The summed E-state index contributed by atoms with van der Waals surface area (Å²) in [5, 5.41) is 15.8. The first-order valence-corrected chi connectivity index (χ1v) is 13.6. The van der Waals surface area contributed by atoms with E-state index in [0.29, 0.717) is 28.6 Å². The summed E-state index contributed by atoms with van der Waals surface area (Å²) in [7, 11) is 0. The van der Waals surface area contributed by atoms with Gasteiger partial charge in [-0.1, -0.05) is 49.7 Å². The molecule has 3 N–H and O–H groups in total. The summed E-state index contributed by atoms with van der Waals surface area (Å²) in [6.07, 6.45) is 0.734. The molecule has 214 valence electrons. The highest BCUT2D eigenvalue weighted by Gasteiger charge is 2.38. The molecule has 0 aliphatic rings. The summed E-state index contributed by atoms with van der Waals surface area (Å²) in [5.74, 6) is -0.494. The van der Waals surface area contributed by atoms with E-state index in [9.17, 15) is 19.5 Å². The molecular formula is C30H42ClN3O5. The van der Waals surface area contributed by atoms with Crippen molar-refractivity contribution in [1.29, 1.82) is 0 Å². The maximum atomic E-state index is 14.0. The molecule has 39 heavy (non-hydrogen) atoms. The van der Waals surface area contributed by atoms with Crippen LogP contribution in [-0.4, -0.2) is 45.6 Å². The lowest BCUT2D eigenvalue weighted by Crippen LogP contribution is -2.54. The Morgan fingerprint density at radius 2 is 1.62 bits per heavy atom. The van der Waals surface area contributed by atoms with Crippen molar-refractivity contribution in [3.8, 4) is 5.75 Å². The van der Waals surface area contributed by atoms with Crippen LogP contribution in [-0.2, 0) is 14.3 Å². The van der Waals surface area contributed by atoms with Gasteiger partial charge in [0.2, 0.25) is 5.91 Å². The van der Waals surface area contributed by atoms with Gasteiger partial charge in [0.15, 0.2) is 0 Å². The van der Waals surface area contributed by atoms with Crippen LogP contribution in [0.5, 0.6) is 5.75 Å². The van der Waals surface area contributed by atoms with E-state index in [4.69, 9.17) is 16.3 Å². The number of para-hydroxylation sites is 1. The SMILES string of the molecule is Cc1cccc(Cl)c1NC(=O)C(c1ccc(O)cc1)N(C(=O)C(C)NC(=O)OC(C)(C)C)C(C)CCC(C)C. The summed E-state index contributed by atoms with van der Waals surface area (Å²) in [5.41, 5.74) is 0.989. The lowest BCUT2D eigenvalue weighted by molar-refractivity contribution is -0.143. The first kappa shape index (κ1) is 32.0. The van der Waals surface area contributed by atoms with Gasteiger partial charge in [-0.25, -0.2) is 4.79 Å². The Balaban J connectivity index is 2.55. The Morgan fingerprint density at radius 3 is 2.15 bits per heavy atom. The molecule has 2 aromatic rings. The fraction of sp³-hybridized carbons (Fsp3) is 0.500. The van der Waals surface area contributed by atoms with Crippen molar-refractivity contribution in [3.63, 3.8) is 0 Å². The maximum Gasteiger partial charge on any atom is 0.408 e. The van der Waals surface area contributed by atoms with Gasteiger partial charge in [-0.05, 0) is 89.6 Å². The van der Waals surface area contributed by atoms with Crippen molar-refractivity contribution in [3.05, 3.63) is 58.6 Å². The normalized spacial score (nSPS) is 13.8. The number of benzene rings is 2. The number of rotatable bonds is 10. The molecule has 0 heterocycles. The number of carbonyl (C=O) groups excluding carboxylic acids is 3. The van der Waals surface area contributed by atoms with Crippen LogP contribution in [0.4, 0.5) is 10.5 Å². The second-order valence-corrected chi connectivity index (χ2v) is 11.8. The number of aryl methyl sites for hydroxylation is 1. The molecular weight excluding hydrogens is 518 g/mol. The van der Waals surface area contributed by atoms with Crippen LogP contribution in [0.25, 0.3) is 0 Å². The summed E-state index contributed by atoms with van der Waals surface area (Å²) >= 11 is 6.41. The molecule has 0 aromatic heterocycles. The predicted molar refractivity (Wildman–Crippen MR) is 155 cm³/mol. The molecule has 0 radical (unpaired) electrons. The number of anilines is 1. The van der Waals surface area contributed by atoms with Crippen molar-refractivity contribution in [2.24, 2.45) is 5.92 Å². The fourth-order valence-corrected chi connectivity index (χ4v) is 4.43. The largest absolute Gasteiger partial charge is 0.508 e. The topological polar surface area (TPSA) is 108 Å². The van der Waals surface area contributed by atoms with Crippen LogP contribution in [0, 0.1) is 12.8 Å². The van der Waals surface area contributed by atoms with Crippen molar-refractivity contribution < 1.29 is 24.2 Å². The zero-order valence-electron chi connectivity index (χ0n) is 24.2. The lowest BCUT2D eigenvalue weighted by atomic mass is 9.97. The molecule has 0 aliphatic heterocycles. The van der Waals surface area contributed by atoms with Gasteiger partial charge in [-0.3, -0.25) is 9.59 Å². The van der Waals surface area contributed by atoms with Crippen LogP contribution in [0.15, 0.2) is 42.5 Å². The van der Waals surface area contributed by atoms with E-state index < -0.39 is 35.6 Å². The average Bonchev–Trinajstić information content (AvgIpc) is 2.82. The highest BCUT2D eigenvalue weighted by atomic mass is 35.5. The fourth-order valence-electron chi connectivity index (χ4n) is 4.16. The Bertz CT molecular complexity index is 1120. The predicted octanol–water partition coefficient (Wildman–Crippen LogP) is 6.60. The Kier molecular flexibility index (Phi) is 11.2. The molecule has 2 aromatic carbocycles. The molecule has 3 unspecified atom stereocenters. The Hall–Kier alpha value is -3.26. The van der Waals surface area contributed by atoms with Crippen LogP contribution in [0.2, 0.25) is 5.02 Å². The number of phenols is 1. The van der Waals surface area contributed by atoms with Gasteiger partial charge in [-0.2, -0.15) is 0 Å². The number of nitrogens with one attached hydrogen (secondary N) is 2. The number of amides is 3. The highest BCUT2D eigenvalue weighted by molar-refractivity contribution is 6.34. The van der Waals surface area contributed by atoms with Crippen molar-refractivity contribution >= 4 is 35.2 Å². The minimum absolute atomic E-state index is 0.0329. The number of alkyl carbamates (subject to hydrolysis) is 1. The van der Waals surface area contributed by atoms with Gasteiger partial charge in [0.1, 0.15) is 23.4 Å². The minimum Gasteiger partial charge on any atom is -0.508 e. The molecule has 0 saturated heterocycles. The van der Waals surface area contributed by atoms with Gasteiger partial charge in [-0.15, -0.1) is 0 Å². The average molecular weight is 560 g/mol. The second kappa shape index (κ2) is 13.7. The number of ether oxygens (including phenoxy) is 1. The molecule has 0 saturated carbocycles. The lowest BCUT2D eigenvalue weighted by Gasteiger charge is -2.38. The van der Waals surface area contributed by atoms with Gasteiger partial charge >= 0.3 is 6.09 Å². The standard InChI is InChI=1S/C30H42ClN3O5/c1-18(2)12-13-20(4)34(28(37)21(5)32-29(38)39-30(6,7)8)26(22-14-16-23(35)17-15-22)27(36)33-25-19(3)10-9-11-24(25)31/h9-11,14-18,20-21,26,35H,12-13H2,1-8H3,(H,32,38)(H,33,36). The minimum atomic E-state index is -1.07. The number of hydrogen-bond acceptors (Lipinski definition) is 5. The summed E-state index contributed by atoms with van der Waals surface area (Å²) < 4.78 is 5.35. The van der Waals surface area contributed by atoms with E-state index in [1.165, 1.54) is 17.0 Å². The van der Waals surface area contributed by atoms with Gasteiger partial charge in [0.25, 0.3) is 5.91 Å². The van der Waals surface area contributed by atoms with E-state index in [1.54, 1.807) is 52.0 Å². The number of hydrogen-bond donors (Lipinski definition) is 3. The first-order chi connectivity index (χ1) is 18.1. The van der Waals surface area contributed by atoms with E-state index in [2.05, 4.69) is 24.5 Å². The number of phenolic OH excluding ortho intramolecular Hbond substituents is 1. The van der Waals surface area contributed by atoms with Crippen molar-refractivity contribution in [2.75, 3.05) is 5.32 Å². The number of aromatic hydroxyl groups is 1. The van der Waals surface area contributed by atoms with E-state index >= 15 is 0 Å². The van der Waals surface area contributed by atoms with Gasteiger partial charge in [0, 0.05) is 6.04 Å². The summed E-state index contributed by atoms with van der Waals surface area (Å²) in [6, 6.07) is 9.06. The molecule has 2 rings (SSSR count). The number of halogens is 1. The maximum absolute atomic E-state index is 14.0. The molecule has 9 heteroatoms. The summed E-state index contributed by atoms with van der Waals surface area (Å²) in [6.45, 7) is 14.7. The smallest absolute Gasteiger partial charge is 0.408 e. The van der Waals surface area contributed by atoms with Gasteiger partial charge < -0.3 is 25.4 Å². The number of nitrogens with zero attached hydrogens (tertiary/aromatic N) is 1. The molecule has 0 fully saturated rings. The Morgan fingerprint density at radius 1 is 1.00 bits per heavy atom. The van der Waals surface area contributed by atoms with Gasteiger partial charge in [0.05, 0.1) is 10.7 Å². The highest BCUT2D eigenvalue weighted by Crippen LogP contribution is 2.32. The van der Waals surface area contributed by atoms with E-state index in [-0.39, 0.29) is 11.8 Å². The first-order valence-electron chi connectivity index (χ1n) is 13.3.